The third-order valence-electron chi connectivity index (χ3n) is 13.3. The summed E-state index contributed by atoms with van der Waals surface area (Å²) in [5, 5.41) is 20.1. The molecule has 1 aliphatic carbocycles. The second-order valence-electron chi connectivity index (χ2n) is 17.1. The summed E-state index contributed by atoms with van der Waals surface area (Å²) in [4.78, 5) is 65.5. The number of imide groups is 1. The number of urea groups is 1. The molecule has 4 aliphatic rings. The number of hydrogen-bond donors (Lipinski definition) is 3. The van der Waals surface area contributed by atoms with Gasteiger partial charge in [-0.25, -0.2) is 23.5 Å². The van der Waals surface area contributed by atoms with Gasteiger partial charge in [0.05, 0.1) is 17.1 Å². The van der Waals surface area contributed by atoms with E-state index in [1.54, 1.807) is 12.1 Å². The molecule has 9 rings (SSSR count). The van der Waals surface area contributed by atoms with Gasteiger partial charge in [0.25, 0.3) is 11.8 Å². The molecule has 62 heavy (non-hydrogen) atoms. The zero-order valence-corrected chi connectivity index (χ0v) is 34.2. The fourth-order valence-electron chi connectivity index (χ4n) is 9.44. The molecule has 0 atom stereocenters. The SMILES string of the molecule is Cc1ccc(C(=O)N2CCC3(CC2)CCN(c2ncc(-c4ccc5cn(C6CCC(CNC(=O)c7cc(F)c(O)c(F)c7F)CC6)nc5c4)cn2)C3)cc1N1CCC(=O)NC1=O. The molecule has 17 heteroatoms. The van der Waals surface area contributed by atoms with Gasteiger partial charge in [-0.3, -0.25) is 29.3 Å². The predicted octanol–water partition coefficient (Wildman–Crippen LogP) is 6.66. The molecule has 2 aromatic heterocycles. The number of likely N-dealkylation sites (tertiary alicyclic amines) is 1. The third kappa shape index (κ3) is 7.91. The first kappa shape index (κ1) is 40.9. The number of nitrogens with one attached hydrogen (secondary N) is 2. The van der Waals surface area contributed by atoms with Crippen molar-refractivity contribution in [3.63, 3.8) is 0 Å². The van der Waals surface area contributed by atoms with Gasteiger partial charge in [-0.05, 0) is 98.6 Å². The van der Waals surface area contributed by atoms with Crippen molar-refractivity contribution >= 4 is 46.3 Å². The van der Waals surface area contributed by atoms with E-state index in [4.69, 9.17) is 15.1 Å². The summed E-state index contributed by atoms with van der Waals surface area (Å²) < 4.78 is 43.6. The molecule has 5 heterocycles. The van der Waals surface area contributed by atoms with Gasteiger partial charge in [0.1, 0.15) is 0 Å². The molecule has 5 amide bonds. The molecule has 14 nitrogen and oxygen atoms in total. The lowest BCUT2D eigenvalue weighted by atomic mass is 9.77. The van der Waals surface area contributed by atoms with Crippen molar-refractivity contribution in [2.75, 3.05) is 49.1 Å². The number of halogens is 3. The van der Waals surface area contributed by atoms with Crippen LogP contribution in [0.1, 0.15) is 83.7 Å². The number of aromatic nitrogens is 4. The Morgan fingerprint density at radius 2 is 1.65 bits per heavy atom. The van der Waals surface area contributed by atoms with Crippen LogP contribution < -0.4 is 20.4 Å². The highest BCUT2D eigenvalue weighted by Gasteiger charge is 2.42. The van der Waals surface area contributed by atoms with E-state index in [0.717, 1.165) is 85.6 Å². The molecule has 322 valence electrons. The highest BCUT2D eigenvalue weighted by molar-refractivity contribution is 6.06. The van der Waals surface area contributed by atoms with Gasteiger partial charge in [0.2, 0.25) is 17.7 Å². The van der Waals surface area contributed by atoms with Gasteiger partial charge >= 0.3 is 6.03 Å². The first-order chi connectivity index (χ1) is 29.8. The molecule has 1 saturated carbocycles. The Labute approximate surface area is 355 Å². The van der Waals surface area contributed by atoms with E-state index in [0.29, 0.717) is 36.4 Å². The van der Waals surface area contributed by atoms with Gasteiger partial charge in [0, 0.05) is 86.5 Å². The van der Waals surface area contributed by atoms with Crippen molar-refractivity contribution in [3.05, 3.63) is 95.2 Å². The normalized spacial score (nSPS) is 20.2. The minimum atomic E-state index is -1.79. The van der Waals surface area contributed by atoms with Gasteiger partial charge < -0.3 is 20.2 Å². The summed E-state index contributed by atoms with van der Waals surface area (Å²) in [6.07, 6.45) is 11.8. The summed E-state index contributed by atoms with van der Waals surface area (Å²) in [7, 11) is 0. The zero-order valence-electron chi connectivity index (χ0n) is 34.2. The maximum Gasteiger partial charge on any atom is 0.328 e. The van der Waals surface area contributed by atoms with Crippen molar-refractivity contribution in [2.45, 2.75) is 64.3 Å². The molecule has 5 aromatic rings. The van der Waals surface area contributed by atoms with Crippen molar-refractivity contribution in [3.8, 4) is 16.9 Å². The van der Waals surface area contributed by atoms with Gasteiger partial charge in [-0.2, -0.15) is 9.49 Å². The van der Waals surface area contributed by atoms with Crippen LogP contribution in [-0.4, -0.2) is 92.8 Å². The number of amides is 5. The van der Waals surface area contributed by atoms with Gasteiger partial charge in [0.15, 0.2) is 17.4 Å². The monoisotopic (exact) mass is 849 g/mol. The Morgan fingerprint density at radius 1 is 0.903 bits per heavy atom. The van der Waals surface area contributed by atoms with Crippen molar-refractivity contribution in [1.29, 1.82) is 0 Å². The Morgan fingerprint density at radius 3 is 2.39 bits per heavy atom. The number of rotatable bonds is 8. The lowest BCUT2D eigenvalue weighted by molar-refractivity contribution is -0.120. The van der Waals surface area contributed by atoms with Crippen LogP contribution in [0.25, 0.3) is 22.0 Å². The molecule has 3 aliphatic heterocycles. The van der Waals surface area contributed by atoms with E-state index in [9.17, 15) is 37.5 Å². The van der Waals surface area contributed by atoms with Crippen LogP contribution in [0.3, 0.4) is 0 Å². The number of aromatic hydroxyl groups is 1. The quantitative estimate of drug-likeness (QED) is 0.145. The van der Waals surface area contributed by atoms with E-state index < -0.39 is 40.7 Å². The van der Waals surface area contributed by atoms with Crippen molar-refractivity contribution in [1.82, 2.24) is 35.3 Å². The summed E-state index contributed by atoms with van der Waals surface area (Å²) >= 11 is 0. The molecule has 0 bridgehead atoms. The molecule has 3 aromatic carbocycles. The van der Waals surface area contributed by atoms with Crippen LogP contribution in [0.4, 0.5) is 29.6 Å². The number of carbonyl (C=O) groups excluding carboxylic acids is 4. The first-order valence-corrected chi connectivity index (χ1v) is 21.1. The summed E-state index contributed by atoms with van der Waals surface area (Å²) in [6.45, 7) is 5.30. The zero-order chi connectivity index (χ0) is 43.3. The number of nitrogens with zero attached hydrogens (tertiary/aromatic N) is 7. The molecule has 3 saturated heterocycles. The van der Waals surface area contributed by atoms with Crippen LogP contribution in [0.5, 0.6) is 5.75 Å². The topological polar surface area (TPSA) is 166 Å². The fourth-order valence-corrected chi connectivity index (χ4v) is 9.44. The van der Waals surface area contributed by atoms with E-state index in [2.05, 4.69) is 15.5 Å². The number of carbonyl (C=O) groups is 4. The summed E-state index contributed by atoms with van der Waals surface area (Å²) in [6, 6.07) is 11.7. The summed E-state index contributed by atoms with van der Waals surface area (Å²) in [5.41, 5.74) is 3.96. The Bertz CT molecular complexity index is 2590. The standard InChI is InChI=1S/C45H46F3N9O5/c1-26-2-5-29(19-36(26)56-14-10-37(58)52-44(56)62)42(61)54-15-11-45(12-16-54)13-17-55(25-45)43-50-22-31(23-51-43)28-6-7-30-24-57(53-35(30)18-28)32-8-3-27(4-9-32)21-49-41(60)33-20-34(46)40(59)39(48)38(33)47/h2,5-7,18-20,22-24,27,32,59H,3-4,8-17,21,25H2,1H3,(H,49,60)(H,52,58,62). The van der Waals surface area contributed by atoms with Crippen LogP contribution in [0.15, 0.2) is 61.1 Å². The molecule has 4 fully saturated rings. The number of benzene rings is 3. The predicted molar refractivity (Wildman–Crippen MR) is 223 cm³/mol. The summed E-state index contributed by atoms with van der Waals surface area (Å²) in [5.74, 6) is -6.75. The van der Waals surface area contributed by atoms with Crippen LogP contribution in [0.2, 0.25) is 0 Å². The number of aryl methyl sites for hydroxylation is 1. The maximum atomic E-state index is 14.2. The number of piperidine rings is 1. The molecule has 0 unspecified atom stereocenters. The minimum absolute atomic E-state index is 0.0633. The Balaban J connectivity index is 0.769. The lowest BCUT2D eigenvalue weighted by Crippen LogP contribution is -2.50. The van der Waals surface area contributed by atoms with E-state index >= 15 is 0 Å². The molecule has 1 spiro atoms. The van der Waals surface area contributed by atoms with Crippen molar-refractivity contribution in [2.24, 2.45) is 11.3 Å². The lowest BCUT2D eigenvalue weighted by Gasteiger charge is -2.39. The third-order valence-corrected chi connectivity index (χ3v) is 13.3. The number of phenols is 1. The van der Waals surface area contributed by atoms with Gasteiger partial charge in [-0.1, -0.05) is 18.2 Å². The number of phenolic OH excluding ortho intramolecular Hbond substituents is 1. The second-order valence-corrected chi connectivity index (χ2v) is 17.1. The average molecular weight is 850 g/mol. The van der Waals surface area contributed by atoms with Crippen LogP contribution >= 0.6 is 0 Å². The smallest absolute Gasteiger partial charge is 0.328 e. The van der Waals surface area contributed by atoms with E-state index in [-0.39, 0.29) is 48.7 Å². The molecular formula is C45H46F3N9O5. The maximum absolute atomic E-state index is 14.2. The van der Waals surface area contributed by atoms with Gasteiger partial charge in [-0.15, -0.1) is 0 Å². The minimum Gasteiger partial charge on any atom is -0.503 e. The fraction of sp³-hybridized carbons (Fsp3) is 0.400. The average Bonchev–Trinajstić information content (AvgIpc) is 3.91. The number of anilines is 2. The molecular weight excluding hydrogens is 804 g/mol. The molecule has 3 N–H and O–H groups in total. The van der Waals surface area contributed by atoms with Crippen LogP contribution in [-0.2, 0) is 4.79 Å². The number of fused-ring (bicyclic) bond motifs is 1. The van der Waals surface area contributed by atoms with E-state index in [1.165, 1.54) is 4.90 Å². The Kier molecular flexibility index (Phi) is 10.8. The highest BCUT2D eigenvalue weighted by atomic mass is 19.2. The van der Waals surface area contributed by atoms with Crippen LogP contribution in [0, 0.1) is 35.7 Å². The van der Waals surface area contributed by atoms with E-state index in [1.807, 2.05) is 59.4 Å². The largest absolute Gasteiger partial charge is 0.503 e. The Hall–Kier alpha value is -6.52. The molecule has 0 radical (unpaired) electrons. The highest BCUT2D eigenvalue weighted by Crippen LogP contribution is 2.42. The first-order valence-electron chi connectivity index (χ1n) is 21.1. The number of hydrogen-bond acceptors (Lipinski definition) is 9. The second kappa shape index (κ2) is 16.4. The van der Waals surface area contributed by atoms with Crippen molar-refractivity contribution < 1.29 is 37.5 Å².